The summed E-state index contributed by atoms with van der Waals surface area (Å²) < 4.78 is 0. The first-order valence-corrected chi connectivity index (χ1v) is 9.45. The fraction of sp³-hybridized carbons (Fsp3) is 0.190. The number of hydrogen-bond acceptors (Lipinski definition) is 4. The van der Waals surface area contributed by atoms with Gasteiger partial charge in [0.25, 0.3) is 0 Å². The van der Waals surface area contributed by atoms with Crippen LogP contribution in [-0.2, 0) is 9.59 Å². The summed E-state index contributed by atoms with van der Waals surface area (Å²) in [7, 11) is 1.81. The lowest BCUT2D eigenvalue weighted by Gasteiger charge is -2.13. The molecule has 1 aliphatic heterocycles. The molecular weight excluding hydrogens is 358 g/mol. The van der Waals surface area contributed by atoms with Crippen molar-refractivity contribution in [2.45, 2.75) is 16.6 Å². The molecule has 1 aliphatic rings. The Morgan fingerprint density at radius 1 is 1.26 bits per heavy atom. The number of carbonyl (C=O) groups is 2. The summed E-state index contributed by atoms with van der Waals surface area (Å²) in [6.07, 6.45) is 3.83. The van der Waals surface area contributed by atoms with Crippen molar-refractivity contribution in [3.8, 4) is 6.07 Å². The summed E-state index contributed by atoms with van der Waals surface area (Å²) >= 11 is 1.48. The van der Waals surface area contributed by atoms with Gasteiger partial charge in [0.15, 0.2) is 0 Å². The van der Waals surface area contributed by atoms with Crippen LogP contribution in [0.5, 0.6) is 0 Å². The molecule has 136 valence electrons. The number of nitrogens with one attached hydrogen (secondary N) is 1. The highest BCUT2D eigenvalue weighted by atomic mass is 32.2. The Balaban J connectivity index is 1.70. The number of anilines is 1. The first kappa shape index (κ1) is 18.7. The Labute approximate surface area is 162 Å². The summed E-state index contributed by atoms with van der Waals surface area (Å²) in [5.74, 6) is -0.167. The molecule has 0 aliphatic carbocycles. The topological polar surface area (TPSA) is 73.2 Å². The van der Waals surface area contributed by atoms with Crippen molar-refractivity contribution in [2.24, 2.45) is 0 Å². The molecule has 0 radical (unpaired) electrons. The van der Waals surface area contributed by atoms with Crippen LogP contribution in [0.25, 0.3) is 6.08 Å². The van der Waals surface area contributed by atoms with Gasteiger partial charge in [-0.05, 0) is 36.3 Å². The average molecular weight is 377 g/mol. The van der Waals surface area contributed by atoms with Gasteiger partial charge in [-0.3, -0.25) is 9.59 Å². The molecule has 2 amide bonds. The standard InChI is InChI=1S/C21H19N3O2S/c1-24-13-12-19(21(24)26)27-18-9-5-4-8-17(18)23-20(25)11-10-15-6-2-3-7-16(15)14-22/h2-11,19H,12-13H2,1H3,(H,23,25). The number of likely N-dealkylation sites (tertiary alicyclic amines) is 1. The van der Waals surface area contributed by atoms with E-state index in [1.165, 1.54) is 17.8 Å². The van der Waals surface area contributed by atoms with Crippen LogP contribution in [0.4, 0.5) is 5.69 Å². The number of benzene rings is 2. The van der Waals surface area contributed by atoms with Gasteiger partial charge in [0.1, 0.15) is 0 Å². The number of nitrogens with zero attached hydrogens (tertiary/aromatic N) is 2. The smallest absolute Gasteiger partial charge is 0.248 e. The van der Waals surface area contributed by atoms with Gasteiger partial charge in [0.05, 0.1) is 22.6 Å². The second kappa shape index (κ2) is 8.56. The summed E-state index contributed by atoms with van der Waals surface area (Å²) in [4.78, 5) is 27.1. The fourth-order valence-corrected chi connectivity index (χ4v) is 4.02. The number of thioether (sulfide) groups is 1. The van der Waals surface area contributed by atoms with E-state index in [2.05, 4.69) is 11.4 Å². The van der Waals surface area contributed by atoms with E-state index in [1.807, 2.05) is 30.3 Å². The molecular formula is C21H19N3O2S. The molecule has 1 N–H and O–H groups in total. The molecule has 6 heteroatoms. The van der Waals surface area contributed by atoms with Crippen LogP contribution in [0.1, 0.15) is 17.5 Å². The van der Waals surface area contributed by atoms with Crippen LogP contribution in [0.3, 0.4) is 0 Å². The molecule has 1 fully saturated rings. The zero-order valence-corrected chi connectivity index (χ0v) is 15.7. The van der Waals surface area contributed by atoms with E-state index in [1.54, 1.807) is 36.2 Å². The molecule has 5 nitrogen and oxygen atoms in total. The predicted molar refractivity (Wildman–Crippen MR) is 107 cm³/mol. The second-order valence-electron chi connectivity index (χ2n) is 6.17. The van der Waals surface area contributed by atoms with Gasteiger partial charge in [-0.1, -0.05) is 30.3 Å². The minimum Gasteiger partial charge on any atom is -0.345 e. The van der Waals surface area contributed by atoms with Gasteiger partial charge in [-0.15, -0.1) is 11.8 Å². The summed E-state index contributed by atoms with van der Waals surface area (Å²) in [5, 5.41) is 11.9. The molecule has 0 aromatic heterocycles. The van der Waals surface area contributed by atoms with Gasteiger partial charge in [-0.25, -0.2) is 0 Å². The van der Waals surface area contributed by atoms with E-state index in [4.69, 9.17) is 5.26 Å². The zero-order chi connectivity index (χ0) is 19.2. The van der Waals surface area contributed by atoms with Crippen molar-refractivity contribution in [3.63, 3.8) is 0 Å². The molecule has 0 bridgehead atoms. The van der Waals surface area contributed by atoms with Crippen molar-refractivity contribution in [2.75, 3.05) is 18.9 Å². The van der Waals surface area contributed by atoms with Crippen LogP contribution in [0, 0.1) is 11.3 Å². The number of rotatable bonds is 5. The molecule has 1 atom stereocenters. The lowest BCUT2D eigenvalue weighted by molar-refractivity contribution is -0.126. The Kier molecular flexibility index (Phi) is 5.94. The summed E-state index contributed by atoms with van der Waals surface area (Å²) in [6, 6.07) is 16.7. The number of carbonyl (C=O) groups excluding carboxylic acids is 2. The highest BCUT2D eigenvalue weighted by Crippen LogP contribution is 2.34. The number of amides is 2. The largest absolute Gasteiger partial charge is 0.345 e. The number of hydrogen-bond donors (Lipinski definition) is 1. The van der Waals surface area contributed by atoms with Gasteiger partial charge in [-0.2, -0.15) is 5.26 Å². The molecule has 2 aromatic carbocycles. The Hall–Kier alpha value is -3.04. The van der Waals surface area contributed by atoms with Gasteiger partial charge in [0.2, 0.25) is 11.8 Å². The minimum absolute atomic E-state index is 0.119. The first-order chi connectivity index (χ1) is 13.1. The van der Waals surface area contributed by atoms with Crippen LogP contribution < -0.4 is 5.32 Å². The van der Waals surface area contributed by atoms with E-state index in [0.717, 1.165) is 17.9 Å². The highest BCUT2D eigenvalue weighted by Gasteiger charge is 2.30. The Bertz CT molecular complexity index is 933. The maximum absolute atomic E-state index is 12.3. The van der Waals surface area contributed by atoms with Crippen LogP contribution >= 0.6 is 11.8 Å². The zero-order valence-electron chi connectivity index (χ0n) is 14.9. The SMILES string of the molecule is CN1CCC(Sc2ccccc2NC(=O)C=Cc2ccccc2C#N)C1=O. The van der Waals surface area contributed by atoms with E-state index in [9.17, 15) is 9.59 Å². The third-order valence-corrected chi connectivity index (χ3v) is 5.62. The maximum Gasteiger partial charge on any atom is 0.248 e. The second-order valence-corrected chi connectivity index (χ2v) is 7.42. The number of para-hydroxylation sites is 1. The summed E-state index contributed by atoms with van der Waals surface area (Å²) in [6.45, 7) is 0.756. The van der Waals surface area contributed by atoms with Crippen LogP contribution in [-0.4, -0.2) is 35.6 Å². The average Bonchev–Trinajstić information content (AvgIpc) is 3.00. The van der Waals surface area contributed by atoms with E-state index < -0.39 is 0 Å². The molecule has 27 heavy (non-hydrogen) atoms. The van der Waals surface area contributed by atoms with Crippen LogP contribution in [0.15, 0.2) is 59.5 Å². The molecule has 1 heterocycles. The quantitative estimate of drug-likeness (QED) is 0.809. The lowest BCUT2D eigenvalue weighted by atomic mass is 10.1. The van der Waals surface area contributed by atoms with E-state index in [-0.39, 0.29) is 17.1 Å². The molecule has 0 saturated carbocycles. The molecule has 1 saturated heterocycles. The van der Waals surface area contributed by atoms with Crippen molar-refractivity contribution < 1.29 is 9.59 Å². The molecule has 1 unspecified atom stereocenters. The van der Waals surface area contributed by atoms with Crippen molar-refractivity contribution in [1.29, 1.82) is 5.26 Å². The van der Waals surface area contributed by atoms with Gasteiger partial charge >= 0.3 is 0 Å². The molecule has 2 aromatic rings. The fourth-order valence-electron chi connectivity index (χ4n) is 2.81. The number of nitriles is 1. The minimum atomic E-state index is -0.286. The van der Waals surface area contributed by atoms with Crippen molar-refractivity contribution in [3.05, 3.63) is 65.7 Å². The predicted octanol–water partition coefficient (Wildman–Crippen LogP) is 3.53. The third-order valence-electron chi connectivity index (χ3n) is 4.29. The lowest BCUT2D eigenvalue weighted by Crippen LogP contribution is -2.23. The normalized spacial score (nSPS) is 16.5. The van der Waals surface area contributed by atoms with Crippen molar-refractivity contribution >= 4 is 35.3 Å². The van der Waals surface area contributed by atoms with Gasteiger partial charge in [0, 0.05) is 24.6 Å². The van der Waals surface area contributed by atoms with Crippen molar-refractivity contribution in [1.82, 2.24) is 4.90 Å². The Morgan fingerprint density at radius 2 is 2.00 bits per heavy atom. The first-order valence-electron chi connectivity index (χ1n) is 8.57. The maximum atomic E-state index is 12.3. The van der Waals surface area contributed by atoms with Gasteiger partial charge < -0.3 is 10.2 Å². The van der Waals surface area contributed by atoms with Crippen LogP contribution in [0.2, 0.25) is 0 Å². The molecule has 0 spiro atoms. The third kappa shape index (κ3) is 4.57. The van der Waals surface area contributed by atoms with E-state index in [0.29, 0.717) is 16.8 Å². The Morgan fingerprint density at radius 3 is 2.74 bits per heavy atom. The highest BCUT2D eigenvalue weighted by molar-refractivity contribution is 8.00. The van der Waals surface area contributed by atoms with E-state index >= 15 is 0 Å². The summed E-state index contributed by atoms with van der Waals surface area (Å²) in [5.41, 5.74) is 1.88. The molecule has 3 rings (SSSR count). The monoisotopic (exact) mass is 377 g/mol.